The second-order valence-corrected chi connectivity index (χ2v) is 9.19. The van der Waals surface area contributed by atoms with E-state index >= 15 is 0 Å². The summed E-state index contributed by atoms with van der Waals surface area (Å²) >= 11 is 0. The number of imide groups is 1. The fourth-order valence-corrected chi connectivity index (χ4v) is 4.76. The first-order chi connectivity index (χ1) is 15.4. The number of rotatable bonds is 7. The molecular formula is C25H32N4O3. The zero-order chi connectivity index (χ0) is 22.7. The van der Waals surface area contributed by atoms with Crippen LogP contribution in [0.4, 0.5) is 4.79 Å². The summed E-state index contributed by atoms with van der Waals surface area (Å²) in [6, 6.07) is 11.4. The summed E-state index contributed by atoms with van der Waals surface area (Å²) in [5, 5.41) is 0. The van der Waals surface area contributed by atoms with Crippen molar-refractivity contribution >= 4 is 11.9 Å². The first-order valence-electron chi connectivity index (χ1n) is 11.3. The average molecular weight is 437 g/mol. The van der Waals surface area contributed by atoms with Crippen molar-refractivity contribution in [2.45, 2.75) is 45.3 Å². The molecule has 3 amide bonds. The molecule has 2 fully saturated rings. The number of benzene rings is 1. The third-order valence-corrected chi connectivity index (χ3v) is 6.51. The molecule has 0 saturated carbocycles. The van der Waals surface area contributed by atoms with E-state index in [-0.39, 0.29) is 11.9 Å². The van der Waals surface area contributed by atoms with E-state index in [1.54, 1.807) is 19.5 Å². The molecule has 0 N–H and O–H groups in total. The Bertz CT molecular complexity index is 937. The Kier molecular flexibility index (Phi) is 6.46. The number of hydrogen-bond donors (Lipinski definition) is 0. The second kappa shape index (κ2) is 9.28. The SMILES string of the molecule is COc1ccc(CN2C(=O)N(CC(C)C)C3(CCN(Cc4ccncc4)CC3)C2=O)cc1. The van der Waals surface area contributed by atoms with Crippen LogP contribution < -0.4 is 4.74 Å². The molecule has 0 unspecified atom stereocenters. The van der Waals surface area contributed by atoms with Gasteiger partial charge in [0.05, 0.1) is 13.7 Å². The van der Waals surface area contributed by atoms with Crippen LogP contribution in [0.25, 0.3) is 0 Å². The van der Waals surface area contributed by atoms with Gasteiger partial charge in [0.25, 0.3) is 5.91 Å². The quantitative estimate of drug-likeness (QED) is 0.621. The zero-order valence-corrected chi connectivity index (χ0v) is 19.2. The van der Waals surface area contributed by atoms with Crippen molar-refractivity contribution in [3.63, 3.8) is 0 Å². The number of pyridine rings is 1. The standard InChI is InChI=1S/C25H32N4O3/c1-19(2)16-29-24(31)28(18-20-4-6-22(32-3)7-5-20)23(30)25(29)10-14-27(15-11-25)17-21-8-12-26-13-9-21/h4-9,12-13,19H,10-11,14-18H2,1-3H3. The van der Waals surface area contributed by atoms with Crippen LogP contribution in [-0.2, 0) is 17.9 Å². The van der Waals surface area contributed by atoms with E-state index in [1.165, 1.54) is 10.5 Å². The van der Waals surface area contributed by atoms with Gasteiger partial charge in [-0.2, -0.15) is 0 Å². The van der Waals surface area contributed by atoms with Crippen molar-refractivity contribution < 1.29 is 14.3 Å². The van der Waals surface area contributed by atoms with E-state index in [0.29, 0.717) is 31.8 Å². The molecule has 32 heavy (non-hydrogen) atoms. The van der Waals surface area contributed by atoms with E-state index < -0.39 is 5.54 Å². The molecule has 2 aliphatic rings. The van der Waals surface area contributed by atoms with Gasteiger partial charge in [0.15, 0.2) is 0 Å². The van der Waals surface area contributed by atoms with Crippen molar-refractivity contribution in [2.24, 2.45) is 5.92 Å². The van der Waals surface area contributed by atoms with Crippen LogP contribution in [0.2, 0.25) is 0 Å². The minimum absolute atomic E-state index is 0.0532. The molecule has 0 radical (unpaired) electrons. The van der Waals surface area contributed by atoms with E-state index in [0.717, 1.165) is 30.9 Å². The lowest BCUT2D eigenvalue weighted by Gasteiger charge is -2.42. The predicted octanol–water partition coefficient (Wildman–Crippen LogP) is 3.55. The maximum atomic E-state index is 13.7. The van der Waals surface area contributed by atoms with Gasteiger partial charge in [-0.25, -0.2) is 4.79 Å². The van der Waals surface area contributed by atoms with Gasteiger partial charge in [-0.05, 0) is 54.2 Å². The Morgan fingerprint density at radius 3 is 2.19 bits per heavy atom. The van der Waals surface area contributed by atoms with Crippen molar-refractivity contribution in [3.8, 4) is 5.75 Å². The molecule has 0 bridgehead atoms. The van der Waals surface area contributed by atoms with Gasteiger partial charge in [0.1, 0.15) is 11.3 Å². The van der Waals surface area contributed by atoms with Crippen molar-refractivity contribution in [2.75, 3.05) is 26.7 Å². The number of amides is 3. The first-order valence-corrected chi connectivity index (χ1v) is 11.3. The maximum absolute atomic E-state index is 13.7. The minimum atomic E-state index is -0.734. The molecule has 2 aliphatic heterocycles. The topological polar surface area (TPSA) is 66.0 Å². The maximum Gasteiger partial charge on any atom is 0.327 e. The summed E-state index contributed by atoms with van der Waals surface area (Å²) in [6.07, 6.45) is 4.94. The number of urea groups is 1. The Labute approximate surface area is 190 Å². The molecular weight excluding hydrogens is 404 g/mol. The van der Waals surface area contributed by atoms with E-state index in [4.69, 9.17) is 4.74 Å². The van der Waals surface area contributed by atoms with Gasteiger partial charge in [-0.3, -0.25) is 19.6 Å². The van der Waals surface area contributed by atoms with Crippen molar-refractivity contribution in [1.29, 1.82) is 0 Å². The number of methoxy groups -OCH3 is 1. The molecule has 1 spiro atoms. The fraction of sp³-hybridized carbons (Fsp3) is 0.480. The lowest BCUT2D eigenvalue weighted by atomic mass is 9.85. The molecule has 7 heteroatoms. The van der Waals surface area contributed by atoms with Gasteiger partial charge in [0, 0.05) is 38.6 Å². The monoisotopic (exact) mass is 436 g/mol. The summed E-state index contributed by atoms with van der Waals surface area (Å²) < 4.78 is 5.22. The van der Waals surface area contributed by atoms with Crippen LogP contribution in [0, 0.1) is 5.92 Å². The number of ether oxygens (including phenoxy) is 1. The second-order valence-electron chi connectivity index (χ2n) is 9.19. The molecule has 0 atom stereocenters. The number of nitrogens with zero attached hydrogens (tertiary/aromatic N) is 4. The molecule has 7 nitrogen and oxygen atoms in total. The number of piperidine rings is 1. The predicted molar refractivity (Wildman–Crippen MR) is 122 cm³/mol. The Balaban J connectivity index is 1.51. The van der Waals surface area contributed by atoms with Crippen LogP contribution >= 0.6 is 0 Å². The van der Waals surface area contributed by atoms with E-state index in [9.17, 15) is 9.59 Å². The van der Waals surface area contributed by atoms with Crippen molar-refractivity contribution in [1.82, 2.24) is 19.7 Å². The largest absolute Gasteiger partial charge is 0.497 e. The first kappa shape index (κ1) is 22.3. The molecule has 170 valence electrons. The van der Waals surface area contributed by atoms with E-state index in [1.807, 2.05) is 41.3 Å². The summed E-state index contributed by atoms with van der Waals surface area (Å²) in [5.74, 6) is 0.995. The Hall–Kier alpha value is -2.93. The van der Waals surface area contributed by atoms with Crippen LogP contribution in [0.15, 0.2) is 48.8 Å². The van der Waals surface area contributed by atoms with Crippen LogP contribution in [0.3, 0.4) is 0 Å². The van der Waals surface area contributed by atoms with Crippen LogP contribution in [-0.4, -0.2) is 63.9 Å². The molecule has 4 rings (SSSR count). The summed E-state index contributed by atoms with van der Waals surface area (Å²) in [7, 11) is 1.62. The van der Waals surface area contributed by atoms with Gasteiger partial charge in [-0.1, -0.05) is 26.0 Å². The smallest absolute Gasteiger partial charge is 0.327 e. The fourth-order valence-electron chi connectivity index (χ4n) is 4.76. The number of hydrogen-bond acceptors (Lipinski definition) is 5. The average Bonchev–Trinajstić information content (AvgIpc) is 2.98. The molecule has 1 aromatic heterocycles. The van der Waals surface area contributed by atoms with Gasteiger partial charge in [-0.15, -0.1) is 0 Å². The number of aromatic nitrogens is 1. The van der Waals surface area contributed by atoms with Gasteiger partial charge < -0.3 is 9.64 Å². The normalized spacial score (nSPS) is 18.8. The Morgan fingerprint density at radius 1 is 0.969 bits per heavy atom. The van der Waals surface area contributed by atoms with Gasteiger partial charge >= 0.3 is 6.03 Å². The molecule has 2 saturated heterocycles. The highest BCUT2D eigenvalue weighted by molar-refractivity contribution is 6.07. The highest BCUT2D eigenvalue weighted by Crippen LogP contribution is 2.39. The lowest BCUT2D eigenvalue weighted by Crippen LogP contribution is -2.57. The highest BCUT2D eigenvalue weighted by atomic mass is 16.5. The number of carbonyl (C=O) groups is 2. The third kappa shape index (κ3) is 4.35. The van der Waals surface area contributed by atoms with Crippen LogP contribution in [0.5, 0.6) is 5.75 Å². The number of likely N-dealkylation sites (tertiary alicyclic amines) is 1. The summed E-state index contributed by atoms with van der Waals surface area (Å²) in [5.41, 5.74) is 1.40. The zero-order valence-electron chi connectivity index (χ0n) is 19.2. The lowest BCUT2D eigenvalue weighted by molar-refractivity contribution is -0.136. The molecule has 3 heterocycles. The summed E-state index contributed by atoms with van der Waals surface area (Å²) in [4.78, 5) is 36.8. The van der Waals surface area contributed by atoms with Gasteiger partial charge in [0.2, 0.25) is 0 Å². The summed E-state index contributed by atoms with van der Waals surface area (Å²) in [6.45, 7) is 7.47. The molecule has 1 aromatic carbocycles. The third-order valence-electron chi connectivity index (χ3n) is 6.51. The van der Waals surface area contributed by atoms with Crippen LogP contribution in [0.1, 0.15) is 37.8 Å². The Morgan fingerprint density at radius 2 is 1.59 bits per heavy atom. The number of carbonyl (C=O) groups excluding carboxylic acids is 2. The molecule has 2 aromatic rings. The minimum Gasteiger partial charge on any atom is -0.497 e. The van der Waals surface area contributed by atoms with Crippen molar-refractivity contribution in [3.05, 3.63) is 59.9 Å². The van der Waals surface area contributed by atoms with E-state index in [2.05, 4.69) is 23.7 Å². The molecule has 0 aliphatic carbocycles. The highest BCUT2D eigenvalue weighted by Gasteiger charge is 2.57.